The number of fused-ring (bicyclic) bond motifs is 1. The predicted octanol–water partition coefficient (Wildman–Crippen LogP) is 5.38. The fraction of sp³-hybridized carbons (Fsp3) is 0. The molecule has 4 rings (SSSR count). The van der Waals surface area contributed by atoms with Crippen LogP contribution in [0.3, 0.4) is 0 Å². The van der Waals surface area contributed by atoms with Crippen LogP contribution in [0.4, 0.5) is 5.69 Å². The Kier molecular flexibility index (Phi) is 6.61. The summed E-state index contributed by atoms with van der Waals surface area (Å²) in [5, 5.41) is 16.8. The van der Waals surface area contributed by atoms with Gasteiger partial charge in [-0.15, -0.1) is 0 Å². The van der Waals surface area contributed by atoms with Crippen molar-refractivity contribution in [2.75, 3.05) is 0 Å². The number of nitro groups is 1. The third-order valence-electron chi connectivity index (χ3n) is 4.91. The molecular weight excluding hydrogens is 458 g/mol. The van der Waals surface area contributed by atoms with Crippen LogP contribution < -0.4 is 10.2 Å². The Morgan fingerprint density at radius 3 is 2.53 bits per heavy atom. The van der Waals surface area contributed by atoms with Crippen molar-refractivity contribution >= 4 is 46.2 Å². The van der Waals surface area contributed by atoms with E-state index in [1.54, 1.807) is 36.4 Å². The minimum atomic E-state index is -0.642. The summed E-state index contributed by atoms with van der Waals surface area (Å²) in [6, 6.07) is 22.6. The van der Waals surface area contributed by atoms with Crippen molar-refractivity contribution in [2.24, 2.45) is 5.10 Å². The Balaban J connectivity index is 1.63. The van der Waals surface area contributed by atoms with E-state index in [1.165, 1.54) is 24.4 Å². The van der Waals surface area contributed by atoms with Gasteiger partial charge in [-0.1, -0.05) is 60.1 Å². The van der Waals surface area contributed by atoms with Crippen molar-refractivity contribution in [3.8, 4) is 5.75 Å². The first-order chi connectivity index (χ1) is 16.4. The number of halogens is 1. The molecular formula is C25H16ClN3O5. The Labute approximate surface area is 198 Å². The van der Waals surface area contributed by atoms with Crippen LogP contribution in [0.1, 0.15) is 26.3 Å². The molecule has 9 heteroatoms. The molecule has 0 aliphatic heterocycles. The first kappa shape index (κ1) is 22.6. The number of esters is 1. The van der Waals surface area contributed by atoms with Crippen LogP contribution in [0, 0.1) is 10.1 Å². The largest absolute Gasteiger partial charge is 0.422 e. The standard InChI is InChI=1S/C25H16ClN3O5/c26-22-11-4-3-10-20(22)25(31)34-23-13-12-16-6-1-2-9-19(16)21(23)15-27-28-24(30)17-7-5-8-18(14-17)29(32)33/h1-15H,(H,28,30)/b27-15+. The lowest BCUT2D eigenvalue weighted by Crippen LogP contribution is -2.18. The van der Waals surface area contributed by atoms with Crippen molar-refractivity contribution in [1.29, 1.82) is 0 Å². The number of hydrogen-bond donors (Lipinski definition) is 1. The van der Waals surface area contributed by atoms with Crippen molar-refractivity contribution in [1.82, 2.24) is 5.43 Å². The van der Waals surface area contributed by atoms with Crippen LogP contribution in [0.5, 0.6) is 5.75 Å². The molecule has 0 aliphatic rings. The molecule has 0 aromatic heterocycles. The summed E-state index contributed by atoms with van der Waals surface area (Å²) in [5.74, 6) is -1.05. The molecule has 0 heterocycles. The lowest BCUT2D eigenvalue weighted by molar-refractivity contribution is -0.384. The van der Waals surface area contributed by atoms with Gasteiger partial charge < -0.3 is 4.74 Å². The number of non-ortho nitro benzene ring substituents is 1. The highest BCUT2D eigenvalue weighted by Gasteiger charge is 2.16. The van der Waals surface area contributed by atoms with E-state index in [0.717, 1.165) is 16.8 Å². The number of carbonyl (C=O) groups excluding carboxylic acids is 2. The highest BCUT2D eigenvalue weighted by atomic mass is 35.5. The number of carbonyl (C=O) groups is 2. The van der Waals surface area contributed by atoms with E-state index in [9.17, 15) is 19.7 Å². The Morgan fingerprint density at radius 1 is 0.971 bits per heavy atom. The molecule has 0 aliphatic carbocycles. The topological polar surface area (TPSA) is 111 Å². The number of ether oxygens (including phenoxy) is 1. The highest BCUT2D eigenvalue weighted by Crippen LogP contribution is 2.28. The maximum atomic E-state index is 12.7. The van der Waals surface area contributed by atoms with Gasteiger partial charge in [-0.3, -0.25) is 14.9 Å². The Hall–Kier alpha value is -4.56. The van der Waals surface area contributed by atoms with E-state index in [0.29, 0.717) is 5.56 Å². The third kappa shape index (κ3) is 4.92. The summed E-state index contributed by atoms with van der Waals surface area (Å²) in [7, 11) is 0. The molecule has 4 aromatic rings. The number of nitrogens with zero attached hydrogens (tertiary/aromatic N) is 2. The molecule has 0 unspecified atom stereocenters. The van der Waals surface area contributed by atoms with Crippen LogP contribution in [0.2, 0.25) is 5.02 Å². The van der Waals surface area contributed by atoms with Gasteiger partial charge in [-0.2, -0.15) is 5.10 Å². The molecule has 4 aromatic carbocycles. The second-order valence-electron chi connectivity index (χ2n) is 7.07. The maximum Gasteiger partial charge on any atom is 0.345 e. The lowest BCUT2D eigenvalue weighted by atomic mass is 10.0. The minimum Gasteiger partial charge on any atom is -0.422 e. The predicted molar refractivity (Wildman–Crippen MR) is 129 cm³/mol. The van der Waals surface area contributed by atoms with Crippen LogP contribution in [-0.4, -0.2) is 23.0 Å². The fourth-order valence-corrected chi connectivity index (χ4v) is 3.47. The van der Waals surface area contributed by atoms with Crippen molar-refractivity contribution in [2.45, 2.75) is 0 Å². The van der Waals surface area contributed by atoms with Crippen LogP contribution in [0.15, 0.2) is 90.0 Å². The number of hydrazone groups is 1. The number of rotatable bonds is 6. The van der Waals surface area contributed by atoms with Crippen molar-refractivity contribution in [3.05, 3.63) is 117 Å². The van der Waals surface area contributed by atoms with Gasteiger partial charge in [0.2, 0.25) is 0 Å². The van der Waals surface area contributed by atoms with E-state index < -0.39 is 16.8 Å². The van der Waals surface area contributed by atoms with Crippen LogP contribution in [-0.2, 0) is 0 Å². The minimum absolute atomic E-state index is 0.0784. The molecule has 0 saturated heterocycles. The zero-order chi connectivity index (χ0) is 24.1. The number of nitro benzene ring substituents is 1. The number of amides is 1. The van der Waals surface area contributed by atoms with E-state index in [-0.39, 0.29) is 27.6 Å². The van der Waals surface area contributed by atoms with E-state index in [1.807, 2.05) is 24.3 Å². The van der Waals surface area contributed by atoms with Gasteiger partial charge >= 0.3 is 5.97 Å². The molecule has 0 saturated carbocycles. The molecule has 0 radical (unpaired) electrons. The summed E-state index contributed by atoms with van der Waals surface area (Å²) in [4.78, 5) is 35.5. The van der Waals surface area contributed by atoms with Gasteiger partial charge in [0, 0.05) is 23.3 Å². The monoisotopic (exact) mass is 473 g/mol. The number of hydrogen-bond acceptors (Lipinski definition) is 6. The van der Waals surface area contributed by atoms with E-state index >= 15 is 0 Å². The lowest BCUT2D eigenvalue weighted by Gasteiger charge is -2.11. The SMILES string of the molecule is O=C(N/N=C/c1c(OC(=O)c2ccccc2Cl)ccc2ccccc12)c1cccc([N+](=O)[O-])c1. The van der Waals surface area contributed by atoms with E-state index in [2.05, 4.69) is 10.5 Å². The summed E-state index contributed by atoms with van der Waals surface area (Å²) in [6.45, 7) is 0. The van der Waals surface area contributed by atoms with Crippen molar-refractivity contribution < 1.29 is 19.2 Å². The quantitative estimate of drug-likeness (QED) is 0.133. The smallest absolute Gasteiger partial charge is 0.345 e. The van der Waals surface area contributed by atoms with Gasteiger partial charge in [0.25, 0.3) is 11.6 Å². The van der Waals surface area contributed by atoms with Crippen LogP contribution >= 0.6 is 11.6 Å². The van der Waals surface area contributed by atoms with E-state index in [4.69, 9.17) is 16.3 Å². The first-order valence-electron chi connectivity index (χ1n) is 10.0. The number of benzene rings is 4. The summed E-state index contributed by atoms with van der Waals surface area (Å²) in [5.41, 5.74) is 2.88. The first-order valence-corrected chi connectivity index (χ1v) is 10.4. The molecule has 168 valence electrons. The average molecular weight is 474 g/mol. The second-order valence-corrected chi connectivity index (χ2v) is 7.48. The van der Waals surface area contributed by atoms with Gasteiger partial charge in [0.1, 0.15) is 5.75 Å². The summed E-state index contributed by atoms with van der Waals surface area (Å²) in [6.07, 6.45) is 1.35. The fourth-order valence-electron chi connectivity index (χ4n) is 3.26. The van der Waals surface area contributed by atoms with Gasteiger partial charge in [-0.25, -0.2) is 10.2 Å². The zero-order valence-electron chi connectivity index (χ0n) is 17.5. The molecule has 0 atom stereocenters. The van der Waals surface area contributed by atoms with Gasteiger partial charge in [0.05, 0.1) is 21.7 Å². The third-order valence-corrected chi connectivity index (χ3v) is 5.24. The second kappa shape index (κ2) is 9.93. The molecule has 1 N–H and O–H groups in total. The maximum absolute atomic E-state index is 12.7. The molecule has 0 fully saturated rings. The summed E-state index contributed by atoms with van der Waals surface area (Å²) < 4.78 is 5.60. The molecule has 8 nitrogen and oxygen atoms in total. The van der Waals surface area contributed by atoms with Crippen LogP contribution in [0.25, 0.3) is 10.8 Å². The van der Waals surface area contributed by atoms with Gasteiger partial charge in [0.15, 0.2) is 0 Å². The average Bonchev–Trinajstić information content (AvgIpc) is 2.85. The summed E-state index contributed by atoms with van der Waals surface area (Å²) >= 11 is 6.11. The highest BCUT2D eigenvalue weighted by molar-refractivity contribution is 6.33. The normalized spacial score (nSPS) is 10.9. The zero-order valence-corrected chi connectivity index (χ0v) is 18.2. The van der Waals surface area contributed by atoms with Crippen molar-refractivity contribution in [3.63, 3.8) is 0 Å². The van der Waals surface area contributed by atoms with Gasteiger partial charge in [-0.05, 0) is 35.0 Å². The Morgan fingerprint density at radius 2 is 1.74 bits per heavy atom. The molecule has 34 heavy (non-hydrogen) atoms. The number of nitrogens with one attached hydrogen (secondary N) is 1. The Bertz CT molecular complexity index is 1450. The molecule has 0 spiro atoms. The molecule has 0 bridgehead atoms. The molecule has 1 amide bonds.